The Morgan fingerprint density at radius 1 is 1.33 bits per heavy atom. The molecule has 2 N–H and O–H groups in total. The van der Waals surface area contributed by atoms with Gasteiger partial charge in [-0.2, -0.15) is 5.10 Å². The van der Waals surface area contributed by atoms with Crippen molar-refractivity contribution in [2.45, 2.75) is 32.6 Å². The molecule has 6 heteroatoms. The summed E-state index contributed by atoms with van der Waals surface area (Å²) in [6.45, 7) is 2.80. The Balaban J connectivity index is 1.92. The third kappa shape index (κ3) is 3.78. The zero-order chi connectivity index (χ0) is 15.2. The molecule has 0 saturated heterocycles. The third-order valence-corrected chi connectivity index (χ3v) is 3.50. The fourth-order valence-corrected chi connectivity index (χ4v) is 2.33. The topological polar surface area (TPSA) is 80.0 Å². The number of amides is 1. The quantitative estimate of drug-likeness (QED) is 0.758. The first-order valence-corrected chi connectivity index (χ1v) is 7.32. The van der Waals surface area contributed by atoms with E-state index in [-0.39, 0.29) is 12.5 Å². The number of hydrogen-bond donors (Lipinski definition) is 2. The van der Waals surface area contributed by atoms with Crippen LogP contribution in [-0.2, 0) is 7.05 Å². The van der Waals surface area contributed by atoms with Gasteiger partial charge < -0.3 is 10.4 Å². The number of aryl methyl sites for hydroxylation is 2. The van der Waals surface area contributed by atoms with Crippen molar-refractivity contribution in [2.75, 3.05) is 13.2 Å². The van der Waals surface area contributed by atoms with E-state index in [9.17, 15) is 4.79 Å². The number of pyridine rings is 1. The first-order chi connectivity index (χ1) is 10.1. The largest absolute Gasteiger partial charge is 0.396 e. The fourth-order valence-electron chi connectivity index (χ4n) is 2.33. The first kappa shape index (κ1) is 15.4. The summed E-state index contributed by atoms with van der Waals surface area (Å²) in [5.74, 6) is -0.102. The number of aliphatic hydroxyl groups excluding tert-OH is 1. The van der Waals surface area contributed by atoms with E-state index in [0.717, 1.165) is 42.4 Å². The van der Waals surface area contributed by atoms with Gasteiger partial charge in [0.25, 0.3) is 5.91 Å². The van der Waals surface area contributed by atoms with Crippen LogP contribution in [0.4, 0.5) is 0 Å². The minimum atomic E-state index is -0.102. The number of aromatic nitrogens is 3. The zero-order valence-electron chi connectivity index (χ0n) is 12.6. The predicted octanol–water partition coefficient (Wildman–Crippen LogP) is 1.56. The molecule has 0 aliphatic rings. The Morgan fingerprint density at radius 2 is 2.10 bits per heavy atom. The maximum absolute atomic E-state index is 12.1. The van der Waals surface area contributed by atoms with Crippen molar-refractivity contribution in [3.63, 3.8) is 0 Å². The highest BCUT2D eigenvalue weighted by molar-refractivity contribution is 5.97. The molecule has 1 amide bonds. The SMILES string of the molecule is Cc1nn(C)c2ncc(C(=O)NCCCCCCO)cc12. The first-order valence-electron chi connectivity index (χ1n) is 7.32. The van der Waals surface area contributed by atoms with Gasteiger partial charge in [0.05, 0.1) is 11.3 Å². The average Bonchev–Trinajstić information content (AvgIpc) is 2.77. The summed E-state index contributed by atoms with van der Waals surface area (Å²) in [6, 6.07) is 1.84. The molecule has 0 aliphatic heterocycles. The van der Waals surface area contributed by atoms with Crippen LogP contribution in [0.5, 0.6) is 0 Å². The Kier molecular flexibility index (Phi) is 5.27. The van der Waals surface area contributed by atoms with Crippen LogP contribution in [0.15, 0.2) is 12.3 Å². The number of aliphatic hydroxyl groups is 1. The molecule has 2 rings (SSSR count). The van der Waals surface area contributed by atoms with E-state index in [1.54, 1.807) is 10.9 Å². The van der Waals surface area contributed by atoms with Gasteiger partial charge in [0.1, 0.15) is 0 Å². The van der Waals surface area contributed by atoms with E-state index >= 15 is 0 Å². The van der Waals surface area contributed by atoms with Gasteiger partial charge in [-0.3, -0.25) is 9.48 Å². The summed E-state index contributed by atoms with van der Waals surface area (Å²) in [5.41, 5.74) is 2.22. The van der Waals surface area contributed by atoms with Gasteiger partial charge in [-0.05, 0) is 25.8 Å². The van der Waals surface area contributed by atoms with Crippen molar-refractivity contribution in [3.05, 3.63) is 23.5 Å². The molecule has 2 aromatic heterocycles. The van der Waals surface area contributed by atoms with E-state index in [1.165, 1.54) is 0 Å². The van der Waals surface area contributed by atoms with Gasteiger partial charge in [-0.1, -0.05) is 12.8 Å². The second-order valence-corrected chi connectivity index (χ2v) is 5.20. The van der Waals surface area contributed by atoms with E-state index in [2.05, 4.69) is 15.4 Å². The van der Waals surface area contributed by atoms with E-state index in [4.69, 9.17) is 5.11 Å². The molecule has 0 fully saturated rings. The lowest BCUT2D eigenvalue weighted by molar-refractivity contribution is 0.0952. The zero-order valence-corrected chi connectivity index (χ0v) is 12.6. The maximum atomic E-state index is 12.1. The monoisotopic (exact) mass is 290 g/mol. The highest BCUT2D eigenvalue weighted by Gasteiger charge is 2.11. The van der Waals surface area contributed by atoms with Crippen molar-refractivity contribution in [2.24, 2.45) is 7.05 Å². The molecule has 0 spiro atoms. The van der Waals surface area contributed by atoms with Gasteiger partial charge >= 0.3 is 0 Å². The molecule has 0 saturated carbocycles. The van der Waals surface area contributed by atoms with Gasteiger partial charge in [-0.15, -0.1) is 0 Å². The van der Waals surface area contributed by atoms with E-state index in [0.29, 0.717) is 12.1 Å². The van der Waals surface area contributed by atoms with Gasteiger partial charge in [0, 0.05) is 31.8 Å². The molecule has 0 radical (unpaired) electrons. The van der Waals surface area contributed by atoms with Crippen LogP contribution in [0.2, 0.25) is 0 Å². The Bertz CT molecular complexity index is 621. The molecular formula is C15H22N4O2. The van der Waals surface area contributed by atoms with Crippen LogP contribution in [0, 0.1) is 6.92 Å². The van der Waals surface area contributed by atoms with Crippen molar-refractivity contribution in [3.8, 4) is 0 Å². The lowest BCUT2D eigenvalue weighted by atomic mass is 10.2. The Morgan fingerprint density at radius 3 is 2.86 bits per heavy atom. The molecular weight excluding hydrogens is 268 g/mol. The number of nitrogens with zero attached hydrogens (tertiary/aromatic N) is 3. The van der Waals surface area contributed by atoms with Crippen LogP contribution in [0.25, 0.3) is 11.0 Å². The number of unbranched alkanes of at least 4 members (excludes halogenated alkanes) is 3. The van der Waals surface area contributed by atoms with E-state index in [1.807, 2.05) is 20.0 Å². The van der Waals surface area contributed by atoms with Crippen molar-refractivity contribution < 1.29 is 9.90 Å². The minimum Gasteiger partial charge on any atom is -0.396 e. The maximum Gasteiger partial charge on any atom is 0.252 e. The van der Waals surface area contributed by atoms with E-state index < -0.39 is 0 Å². The highest BCUT2D eigenvalue weighted by atomic mass is 16.2. The summed E-state index contributed by atoms with van der Waals surface area (Å²) in [7, 11) is 1.84. The number of carbonyl (C=O) groups is 1. The molecule has 2 aromatic rings. The normalized spacial score (nSPS) is 11.0. The van der Waals surface area contributed by atoms with Crippen LogP contribution in [0.3, 0.4) is 0 Å². The van der Waals surface area contributed by atoms with Crippen LogP contribution >= 0.6 is 0 Å². The van der Waals surface area contributed by atoms with Gasteiger partial charge in [-0.25, -0.2) is 4.98 Å². The number of carbonyl (C=O) groups excluding carboxylic acids is 1. The summed E-state index contributed by atoms with van der Waals surface area (Å²) in [5, 5.41) is 16.8. The Hall–Kier alpha value is -1.95. The highest BCUT2D eigenvalue weighted by Crippen LogP contribution is 2.16. The average molecular weight is 290 g/mol. The molecule has 2 heterocycles. The number of hydrogen-bond acceptors (Lipinski definition) is 4. The summed E-state index contributed by atoms with van der Waals surface area (Å²) >= 11 is 0. The summed E-state index contributed by atoms with van der Waals surface area (Å²) < 4.78 is 1.72. The molecule has 0 aromatic carbocycles. The lowest BCUT2D eigenvalue weighted by Gasteiger charge is -2.05. The molecule has 0 aliphatic carbocycles. The Labute approximate surface area is 124 Å². The van der Waals surface area contributed by atoms with Crippen molar-refractivity contribution in [1.29, 1.82) is 0 Å². The second kappa shape index (κ2) is 7.17. The molecule has 21 heavy (non-hydrogen) atoms. The third-order valence-electron chi connectivity index (χ3n) is 3.50. The van der Waals surface area contributed by atoms with Crippen molar-refractivity contribution >= 4 is 16.9 Å². The second-order valence-electron chi connectivity index (χ2n) is 5.20. The van der Waals surface area contributed by atoms with Crippen LogP contribution < -0.4 is 5.32 Å². The van der Waals surface area contributed by atoms with Crippen LogP contribution in [-0.4, -0.2) is 38.9 Å². The number of nitrogens with one attached hydrogen (secondary N) is 1. The van der Waals surface area contributed by atoms with Gasteiger partial charge in [0.2, 0.25) is 0 Å². The molecule has 0 atom stereocenters. The molecule has 0 unspecified atom stereocenters. The molecule has 6 nitrogen and oxygen atoms in total. The lowest BCUT2D eigenvalue weighted by Crippen LogP contribution is -2.24. The molecule has 0 bridgehead atoms. The van der Waals surface area contributed by atoms with Crippen LogP contribution in [0.1, 0.15) is 41.7 Å². The molecule has 114 valence electrons. The predicted molar refractivity (Wildman–Crippen MR) is 81.1 cm³/mol. The summed E-state index contributed by atoms with van der Waals surface area (Å²) in [6.07, 6.45) is 5.35. The van der Waals surface area contributed by atoms with Gasteiger partial charge in [0.15, 0.2) is 5.65 Å². The van der Waals surface area contributed by atoms with Crippen molar-refractivity contribution in [1.82, 2.24) is 20.1 Å². The number of fused-ring (bicyclic) bond motifs is 1. The summed E-state index contributed by atoms with van der Waals surface area (Å²) in [4.78, 5) is 16.4. The smallest absolute Gasteiger partial charge is 0.252 e. The standard InChI is InChI=1S/C15H22N4O2/c1-11-13-9-12(10-17-14(13)19(2)18-11)15(21)16-7-5-3-4-6-8-20/h9-10,20H,3-8H2,1-2H3,(H,16,21). The minimum absolute atomic E-state index is 0.102. The number of rotatable bonds is 7. The fraction of sp³-hybridized carbons (Fsp3) is 0.533.